The minimum Gasteiger partial charge on any atom is -0.489 e. The molecule has 134 valence electrons. The number of fused-ring (bicyclic) bond motifs is 1. The van der Waals surface area contributed by atoms with E-state index in [0.29, 0.717) is 5.39 Å². The molecule has 0 aliphatic rings. The number of carbonyl (C=O) groups is 1. The van der Waals surface area contributed by atoms with Crippen molar-refractivity contribution < 1.29 is 19.2 Å². The molecule has 0 saturated heterocycles. The zero-order valence-corrected chi connectivity index (χ0v) is 15.2. The predicted octanol–water partition coefficient (Wildman–Crippen LogP) is 4.18. The lowest BCUT2D eigenvalue weighted by atomic mass is 10.1. The van der Waals surface area contributed by atoms with Crippen LogP contribution in [0.5, 0.6) is 5.75 Å². The van der Waals surface area contributed by atoms with Gasteiger partial charge in [0.1, 0.15) is 16.8 Å². The standard InChI is InChI=1S/C16H18ClN3O5/c1-16(2,3)25-15(21)19(4)12-10(17)9-7-6-8-18-11(9)14(24-5)13(12)20(22)23/h6-8H,1-5H3. The number of anilines is 1. The predicted molar refractivity (Wildman–Crippen MR) is 94.6 cm³/mol. The second kappa shape index (κ2) is 6.72. The quantitative estimate of drug-likeness (QED) is 0.596. The van der Waals surface area contributed by atoms with E-state index in [1.54, 1.807) is 32.9 Å². The smallest absolute Gasteiger partial charge is 0.414 e. The number of hydrogen-bond donors (Lipinski definition) is 0. The molecule has 0 atom stereocenters. The second-order valence-electron chi connectivity index (χ2n) is 6.24. The van der Waals surface area contributed by atoms with Gasteiger partial charge in [-0.25, -0.2) is 4.79 Å². The number of ether oxygens (including phenoxy) is 2. The van der Waals surface area contributed by atoms with Crippen LogP contribution >= 0.6 is 11.6 Å². The molecule has 25 heavy (non-hydrogen) atoms. The molecule has 9 heteroatoms. The Kier molecular flexibility index (Phi) is 5.03. The average molecular weight is 368 g/mol. The van der Waals surface area contributed by atoms with Crippen molar-refractivity contribution >= 4 is 40.0 Å². The van der Waals surface area contributed by atoms with Crippen LogP contribution in [-0.4, -0.2) is 35.8 Å². The summed E-state index contributed by atoms with van der Waals surface area (Å²) in [5.74, 6) is -0.0737. The molecule has 0 N–H and O–H groups in total. The zero-order valence-electron chi connectivity index (χ0n) is 14.5. The van der Waals surface area contributed by atoms with Gasteiger partial charge in [0.25, 0.3) is 0 Å². The number of hydrogen-bond acceptors (Lipinski definition) is 6. The number of nitrogens with zero attached hydrogens (tertiary/aromatic N) is 3. The maximum absolute atomic E-state index is 12.4. The Morgan fingerprint density at radius 1 is 1.40 bits per heavy atom. The molecule has 1 amide bonds. The van der Waals surface area contributed by atoms with Gasteiger partial charge in [-0.1, -0.05) is 11.6 Å². The molecule has 1 heterocycles. The topological polar surface area (TPSA) is 94.8 Å². The van der Waals surface area contributed by atoms with Gasteiger partial charge in [0, 0.05) is 18.6 Å². The normalized spacial score (nSPS) is 11.3. The molecule has 1 aromatic carbocycles. The molecule has 0 spiro atoms. The highest BCUT2D eigenvalue weighted by Crippen LogP contribution is 2.48. The van der Waals surface area contributed by atoms with Crippen molar-refractivity contribution in [2.45, 2.75) is 26.4 Å². The minimum atomic E-state index is -0.775. The van der Waals surface area contributed by atoms with Crippen LogP contribution < -0.4 is 9.64 Å². The van der Waals surface area contributed by atoms with E-state index in [4.69, 9.17) is 21.1 Å². The number of amides is 1. The van der Waals surface area contributed by atoms with Crippen LogP contribution in [0.1, 0.15) is 20.8 Å². The van der Waals surface area contributed by atoms with E-state index in [-0.39, 0.29) is 22.0 Å². The van der Waals surface area contributed by atoms with Crippen LogP contribution in [0.4, 0.5) is 16.2 Å². The van der Waals surface area contributed by atoms with Gasteiger partial charge in [-0.2, -0.15) is 0 Å². The van der Waals surface area contributed by atoms with Crippen LogP contribution in [0.2, 0.25) is 5.02 Å². The van der Waals surface area contributed by atoms with Crippen molar-refractivity contribution in [1.29, 1.82) is 0 Å². The van der Waals surface area contributed by atoms with Crippen LogP contribution in [-0.2, 0) is 4.74 Å². The molecule has 0 aliphatic carbocycles. The van der Waals surface area contributed by atoms with Crippen molar-refractivity contribution in [2.75, 3.05) is 19.1 Å². The maximum atomic E-state index is 12.4. The van der Waals surface area contributed by atoms with Crippen molar-refractivity contribution in [2.24, 2.45) is 0 Å². The van der Waals surface area contributed by atoms with E-state index in [1.165, 1.54) is 20.4 Å². The van der Waals surface area contributed by atoms with Crippen molar-refractivity contribution in [1.82, 2.24) is 4.98 Å². The Hall–Kier alpha value is -2.61. The van der Waals surface area contributed by atoms with Gasteiger partial charge in [0.05, 0.1) is 17.1 Å². The summed E-state index contributed by atoms with van der Waals surface area (Å²) < 4.78 is 10.5. The van der Waals surface area contributed by atoms with Gasteiger partial charge in [-0.05, 0) is 32.9 Å². The number of nitro benzene ring substituents is 1. The van der Waals surface area contributed by atoms with E-state index in [2.05, 4.69) is 4.98 Å². The third kappa shape index (κ3) is 3.58. The molecule has 0 saturated carbocycles. The van der Waals surface area contributed by atoms with E-state index in [9.17, 15) is 14.9 Å². The molecule has 2 rings (SSSR count). The van der Waals surface area contributed by atoms with Crippen molar-refractivity contribution in [3.05, 3.63) is 33.5 Å². The number of carbonyl (C=O) groups excluding carboxylic acids is 1. The lowest BCUT2D eigenvalue weighted by Crippen LogP contribution is -2.34. The van der Waals surface area contributed by atoms with Crippen LogP contribution in [0, 0.1) is 10.1 Å². The van der Waals surface area contributed by atoms with Gasteiger partial charge < -0.3 is 9.47 Å². The monoisotopic (exact) mass is 367 g/mol. The molecule has 8 nitrogen and oxygen atoms in total. The van der Waals surface area contributed by atoms with Gasteiger partial charge in [-0.15, -0.1) is 0 Å². The lowest BCUT2D eigenvalue weighted by Gasteiger charge is -2.25. The largest absolute Gasteiger partial charge is 0.489 e. The summed E-state index contributed by atoms with van der Waals surface area (Å²) in [6.45, 7) is 5.08. The molecule has 0 aliphatic heterocycles. The Balaban J connectivity index is 2.78. The summed E-state index contributed by atoms with van der Waals surface area (Å²) in [5.41, 5.74) is -1.09. The number of methoxy groups -OCH3 is 1. The Morgan fingerprint density at radius 2 is 2.04 bits per heavy atom. The molecule has 0 bridgehead atoms. The van der Waals surface area contributed by atoms with Gasteiger partial charge in [0.15, 0.2) is 0 Å². The lowest BCUT2D eigenvalue weighted by molar-refractivity contribution is -0.384. The first kappa shape index (κ1) is 18.7. The summed E-state index contributed by atoms with van der Waals surface area (Å²) >= 11 is 6.38. The molecule has 0 unspecified atom stereocenters. The molecular formula is C16H18ClN3O5. The van der Waals surface area contributed by atoms with Crippen LogP contribution in [0.25, 0.3) is 10.9 Å². The Bertz CT molecular complexity index is 848. The van der Waals surface area contributed by atoms with E-state index < -0.39 is 22.3 Å². The first-order valence-corrected chi connectivity index (χ1v) is 7.71. The fraction of sp³-hybridized carbons (Fsp3) is 0.375. The maximum Gasteiger partial charge on any atom is 0.414 e. The molecular weight excluding hydrogens is 350 g/mol. The van der Waals surface area contributed by atoms with Crippen LogP contribution in [0.3, 0.4) is 0 Å². The summed E-state index contributed by atoms with van der Waals surface area (Å²) in [4.78, 5) is 28.5. The molecule has 0 fully saturated rings. The van der Waals surface area contributed by atoms with E-state index >= 15 is 0 Å². The highest BCUT2D eigenvalue weighted by molar-refractivity contribution is 6.39. The summed E-state index contributed by atoms with van der Waals surface area (Å²) in [6.07, 6.45) is 0.699. The Morgan fingerprint density at radius 3 is 2.56 bits per heavy atom. The number of pyridine rings is 1. The number of rotatable bonds is 3. The third-order valence-electron chi connectivity index (χ3n) is 3.30. The van der Waals surface area contributed by atoms with Crippen molar-refractivity contribution in [3.63, 3.8) is 0 Å². The minimum absolute atomic E-state index is 0.0176. The highest BCUT2D eigenvalue weighted by atomic mass is 35.5. The first-order valence-electron chi connectivity index (χ1n) is 7.33. The first-order chi connectivity index (χ1) is 11.6. The fourth-order valence-corrected chi connectivity index (χ4v) is 2.67. The van der Waals surface area contributed by atoms with Crippen LogP contribution in [0.15, 0.2) is 18.3 Å². The number of nitro groups is 1. The molecule has 2 aromatic rings. The fourth-order valence-electron chi connectivity index (χ4n) is 2.31. The summed E-state index contributed by atoms with van der Waals surface area (Å²) in [6, 6.07) is 3.28. The van der Waals surface area contributed by atoms with Gasteiger partial charge in [-0.3, -0.25) is 20.0 Å². The molecule has 1 aromatic heterocycles. The molecule has 0 radical (unpaired) electrons. The van der Waals surface area contributed by atoms with Gasteiger partial charge in [0.2, 0.25) is 5.75 Å². The van der Waals surface area contributed by atoms with Gasteiger partial charge >= 0.3 is 11.8 Å². The van der Waals surface area contributed by atoms with Crippen molar-refractivity contribution in [3.8, 4) is 5.75 Å². The Labute approximate surface area is 149 Å². The number of aromatic nitrogens is 1. The van der Waals surface area contributed by atoms with E-state index in [0.717, 1.165) is 4.90 Å². The average Bonchev–Trinajstić information content (AvgIpc) is 2.52. The number of halogens is 1. The number of benzene rings is 1. The third-order valence-corrected chi connectivity index (χ3v) is 3.68. The highest BCUT2D eigenvalue weighted by Gasteiger charge is 2.34. The summed E-state index contributed by atoms with van der Waals surface area (Å²) in [7, 11) is 2.64. The zero-order chi connectivity index (χ0) is 18.9. The summed E-state index contributed by atoms with van der Waals surface area (Å²) in [5, 5.41) is 12.1. The van der Waals surface area contributed by atoms with E-state index in [1.807, 2.05) is 0 Å². The SMILES string of the molecule is COc1c([N+](=O)[O-])c(N(C)C(=O)OC(C)(C)C)c(Cl)c2cccnc12. The second-order valence-corrected chi connectivity index (χ2v) is 6.62.